The molecule has 1 fully saturated rings. The summed E-state index contributed by atoms with van der Waals surface area (Å²) in [7, 11) is 1.36. The highest BCUT2D eigenvalue weighted by molar-refractivity contribution is 5.69. The highest BCUT2D eigenvalue weighted by Crippen LogP contribution is 2.38. The van der Waals surface area contributed by atoms with Gasteiger partial charge in [-0.15, -0.1) is 0 Å². The largest absolute Gasteiger partial charge is 0.469 e. The molecule has 0 saturated heterocycles. The fourth-order valence-corrected chi connectivity index (χ4v) is 4.45. The van der Waals surface area contributed by atoms with Gasteiger partial charge in [-0.05, 0) is 50.5 Å². The van der Waals surface area contributed by atoms with Crippen molar-refractivity contribution in [2.75, 3.05) is 7.11 Å². The molecule has 0 radical (unpaired) electrons. The Balaban J connectivity index is 2.91. The number of hydrogen-bond donors (Lipinski definition) is 1. The van der Waals surface area contributed by atoms with E-state index in [0.717, 1.165) is 0 Å². The Morgan fingerprint density at radius 2 is 1.69 bits per heavy atom. The maximum Gasteiger partial charge on any atom is 0.305 e. The monoisotopic (exact) mass is 510 g/mol. The van der Waals surface area contributed by atoms with Gasteiger partial charge < -0.3 is 24.1 Å². The Morgan fingerprint density at radius 1 is 1.00 bits per heavy atom. The zero-order valence-corrected chi connectivity index (χ0v) is 22.1. The molecule has 0 spiro atoms. The number of carbonyl (C=O) groups excluding carboxylic acids is 4. The van der Waals surface area contributed by atoms with Crippen LogP contribution < -0.4 is 0 Å². The van der Waals surface area contributed by atoms with E-state index in [-0.39, 0.29) is 29.9 Å². The summed E-state index contributed by atoms with van der Waals surface area (Å²) in [5, 5.41) is 10.7. The van der Waals surface area contributed by atoms with Crippen LogP contribution in [0, 0.1) is 11.8 Å². The van der Waals surface area contributed by atoms with E-state index in [0.29, 0.717) is 51.4 Å². The van der Waals surface area contributed by atoms with Gasteiger partial charge in [-0.25, -0.2) is 0 Å². The maximum absolute atomic E-state index is 11.7. The van der Waals surface area contributed by atoms with Gasteiger partial charge in [0.1, 0.15) is 18.3 Å². The molecule has 0 heterocycles. The zero-order chi connectivity index (χ0) is 27.1. The van der Waals surface area contributed by atoms with Crippen LogP contribution in [0.15, 0.2) is 24.3 Å². The first kappa shape index (κ1) is 31.4. The Labute approximate surface area is 214 Å². The Bertz CT molecular complexity index is 773. The average molecular weight is 511 g/mol. The number of carbonyl (C=O) groups is 4. The molecule has 1 saturated carbocycles. The van der Waals surface area contributed by atoms with Crippen molar-refractivity contribution in [3.05, 3.63) is 24.3 Å². The number of unbranched alkanes of at least 4 members (excludes halogenated alkanes) is 1. The topological polar surface area (TPSA) is 125 Å². The SMILES string of the molecule is CCC(CC[C@@H](/C=C/[C@@H]1[C@@H](C/C=C\CCCC(=O)OC)[C@@H](O)C[C@H]1OC(C)=O)OC(C)=O)OC(C)=O. The number of aliphatic hydroxyl groups is 1. The van der Waals surface area contributed by atoms with Crippen LogP contribution in [0.2, 0.25) is 0 Å². The van der Waals surface area contributed by atoms with E-state index in [1.165, 1.54) is 27.9 Å². The standard InChI is InChI=1S/C27H42O9/c1-6-21(34-18(2)28)13-14-22(35-19(3)29)15-16-24-23(25(31)17-26(24)36-20(4)30)11-9-7-8-10-12-27(32)33-5/h7,9,15-16,21-26,31H,6,8,10-14,17H2,1-5H3/b9-7-,16-15+/t21?,22-,23+,24+,25-,26+/m0/s1. The van der Waals surface area contributed by atoms with Gasteiger partial charge in [0.2, 0.25) is 0 Å². The van der Waals surface area contributed by atoms with Crippen molar-refractivity contribution in [1.29, 1.82) is 0 Å². The first-order chi connectivity index (χ1) is 17.1. The average Bonchev–Trinajstić information content (AvgIpc) is 3.08. The van der Waals surface area contributed by atoms with Gasteiger partial charge in [-0.1, -0.05) is 25.2 Å². The van der Waals surface area contributed by atoms with Crippen LogP contribution in [0.3, 0.4) is 0 Å². The molecule has 1 rings (SSSR count). The number of ether oxygens (including phenoxy) is 4. The fraction of sp³-hybridized carbons (Fsp3) is 0.704. The molecule has 6 atom stereocenters. The van der Waals surface area contributed by atoms with E-state index in [1.54, 1.807) is 6.08 Å². The Hall–Kier alpha value is -2.68. The number of aliphatic hydroxyl groups excluding tert-OH is 1. The lowest BCUT2D eigenvalue weighted by Crippen LogP contribution is -2.25. The molecule has 0 aliphatic heterocycles. The van der Waals surface area contributed by atoms with Crippen LogP contribution >= 0.6 is 0 Å². The van der Waals surface area contributed by atoms with Crippen molar-refractivity contribution < 1.29 is 43.2 Å². The second kappa shape index (κ2) is 16.9. The Kier molecular flexibility index (Phi) is 14.7. The summed E-state index contributed by atoms with van der Waals surface area (Å²) >= 11 is 0. The normalized spacial score (nSPS) is 23.4. The number of methoxy groups -OCH3 is 1. The summed E-state index contributed by atoms with van der Waals surface area (Å²) in [5.74, 6) is -1.91. The third-order valence-corrected chi connectivity index (χ3v) is 6.19. The molecule has 204 valence electrons. The number of esters is 4. The maximum atomic E-state index is 11.7. The molecule has 9 nitrogen and oxygen atoms in total. The second-order valence-electron chi connectivity index (χ2n) is 9.12. The summed E-state index contributed by atoms with van der Waals surface area (Å²) < 4.78 is 20.9. The molecular weight excluding hydrogens is 468 g/mol. The smallest absolute Gasteiger partial charge is 0.305 e. The molecule has 0 aromatic carbocycles. The third kappa shape index (κ3) is 12.3. The predicted molar refractivity (Wildman–Crippen MR) is 133 cm³/mol. The molecule has 1 N–H and O–H groups in total. The van der Waals surface area contributed by atoms with Gasteiger partial charge in [0.05, 0.1) is 13.2 Å². The predicted octanol–water partition coefficient (Wildman–Crippen LogP) is 3.81. The lowest BCUT2D eigenvalue weighted by molar-refractivity contribution is -0.149. The number of rotatable bonds is 15. The molecule has 9 heteroatoms. The van der Waals surface area contributed by atoms with Crippen molar-refractivity contribution in [3.8, 4) is 0 Å². The first-order valence-electron chi connectivity index (χ1n) is 12.7. The van der Waals surface area contributed by atoms with Crippen LogP contribution in [0.1, 0.15) is 79.1 Å². The number of hydrogen-bond acceptors (Lipinski definition) is 9. The fourth-order valence-electron chi connectivity index (χ4n) is 4.45. The lowest BCUT2D eigenvalue weighted by atomic mass is 9.89. The van der Waals surface area contributed by atoms with Gasteiger partial charge in [0, 0.05) is 39.5 Å². The summed E-state index contributed by atoms with van der Waals surface area (Å²) in [4.78, 5) is 45.9. The highest BCUT2D eigenvalue weighted by atomic mass is 16.6. The molecule has 0 amide bonds. The van der Waals surface area contributed by atoms with E-state index < -0.39 is 30.3 Å². The lowest BCUT2D eigenvalue weighted by Gasteiger charge is -2.23. The van der Waals surface area contributed by atoms with Crippen molar-refractivity contribution in [2.45, 2.75) is 103 Å². The van der Waals surface area contributed by atoms with Gasteiger partial charge in [0.25, 0.3) is 0 Å². The van der Waals surface area contributed by atoms with Crippen LogP contribution in [0.25, 0.3) is 0 Å². The minimum atomic E-state index is -0.663. The van der Waals surface area contributed by atoms with E-state index in [2.05, 4.69) is 4.74 Å². The van der Waals surface area contributed by atoms with Crippen LogP contribution in [0.5, 0.6) is 0 Å². The third-order valence-electron chi connectivity index (χ3n) is 6.19. The van der Waals surface area contributed by atoms with E-state index in [4.69, 9.17) is 14.2 Å². The molecule has 0 aromatic heterocycles. The number of allylic oxidation sites excluding steroid dienone is 2. The molecule has 36 heavy (non-hydrogen) atoms. The van der Waals surface area contributed by atoms with Gasteiger partial charge in [0.15, 0.2) is 0 Å². The summed E-state index contributed by atoms with van der Waals surface area (Å²) in [6, 6.07) is 0. The van der Waals surface area contributed by atoms with Gasteiger partial charge in [-0.2, -0.15) is 0 Å². The molecule has 1 unspecified atom stereocenters. The van der Waals surface area contributed by atoms with Crippen molar-refractivity contribution in [3.63, 3.8) is 0 Å². The van der Waals surface area contributed by atoms with Crippen LogP contribution in [0.4, 0.5) is 0 Å². The van der Waals surface area contributed by atoms with Crippen LogP contribution in [-0.4, -0.2) is 60.5 Å². The van der Waals surface area contributed by atoms with E-state index in [9.17, 15) is 24.3 Å². The van der Waals surface area contributed by atoms with E-state index >= 15 is 0 Å². The quantitative estimate of drug-likeness (QED) is 0.151. The van der Waals surface area contributed by atoms with Crippen molar-refractivity contribution in [1.82, 2.24) is 0 Å². The molecule has 1 aliphatic rings. The summed E-state index contributed by atoms with van der Waals surface area (Å²) in [6.45, 7) is 5.95. The van der Waals surface area contributed by atoms with Crippen molar-refractivity contribution >= 4 is 23.9 Å². The molecule has 1 aliphatic carbocycles. The molecule has 0 aromatic rings. The summed E-state index contributed by atoms with van der Waals surface area (Å²) in [6.07, 6.45) is 9.84. The minimum Gasteiger partial charge on any atom is -0.469 e. The molecular formula is C27H42O9. The van der Waals surface area contributed by atoms with E-state index in [1.807, 2.05) is 25.2 Å². The molecule has 0 bridgehead atoms. The van der Waals surface area contributed by atoms with Crippen LogP contribution in [-0.2, 0) is 38.1 Å². The summed E-state index contributed by atoms with van der Waals surface area (Å²) in [5.41, 5.74) is 0. The minimum absolute atomic E-state index is 0.190. The van der Waals surface area contributed by atoms with Crippen molar-refractivity contribution in [2.24, 2.45) is 11.8 Å². The highest BCUT2D eigenvalue weighted by Gasteiger charge is 2.42. The second-order valence-corrected chi connectivity index (χ2v) is 9.12. The zero-order valence-electron chi connectivity index (χ0n) is 22.1. The van der Waals surface area contributed by atoms with Gasteiger partial charge >= 0.3 is 23.9 Å². The first-order valence-corrected chi connectivity index (χ1v) is 12.7. The Morgan fingerprint density at radius 3 is 2.28 bits per heavy atom. The van der Waals surface area contributed by atoms with Gasteiger partial charge in [-0.3, -0.25) is 19.2 Å².